The highest BCUT2D eigenvalue weighted by Gasteiger charge is 2.32. The molecule has 1 fully saturated rings. The third-order valence-corrected chi connectivity index (χ3v) is 6.99. The van der Waals surface area contributed by atoms with Crippen molar-refractivity contribution in [2.75, 3.05) is 27.2 Å². The standard InChI is InChI=1S/C28H32ClN3O2/c1-31(28(33)26-11-3-4-14-30-26)27(19-21-7-6-10-25(18-21)34-2)23-12-15-32(16-13-23)20-22-8-5-9-24(29)17-22/h3-11,14,17-18,23,27H,12-13,15-16,19-20H2,1-2H3. The van der Waals surface area contributed by atoms with E-state index in [1.807, 2.05) is 54.4 Å². The largest absolute Gasteiger partial charge is 0.497 e. The van der Waals surface area contributed by atoms with E-state index in [0.29, 0.717) is 11.6 Å². The van der Waals surface area contributed by atoms with Gasteiger partial charge in [-0.25, -0.2) is 0 Å². The van der Waals surface area contributed by atoms with Crippen molar-refractivity contribution >= 4 is 17.5 Å². The lowest BCUT2D eigenvalue weighted by atomic mass is 9.84. The molecule has 0 radical (unpaired) electrons. The molecule has 34 heavy (non-hydrogen) atoms. The summed E-state index contributed by atoms with van der Waals surface area (Å²) in [4.78, 5) is 22.0. The number of halogens is 1. The van der Waals surface area contributed by atoms with Gasteiger partial charge >= 0.3 is 0 Å². The molecule has 3 aromatic rings. The lowest BCUT2D eigenvalue weighted by Gasteiger charge is -2.40. The maximum absolute atomic E-state index is 13.3. The second-order valence-corrected chi connectivity index (χ2v) is 9.43. The molecule has 1 saturated heterocycles. The van der Waals surface area contributed by atoms with E-state index in [1.54, 1.807) is 19.4 Å². The van der Waals surface area contributed by atoms with Crippen LogP contribution in [0.4, 0.5) is 0 Å². The quantitative estimate of drug-likeness (QED) is 0.439. The van der Waals surface area contributed by atoms with Gasteiger partial charge < -0.3 is 9.64 Å². The molecule has 1 atom stereocenters. The Morgan fingerprint density at radius 1 is 1.09 bits per heavy atom. The van der Waals surface area contributed by atoms with Crippen LogP contribution in [0.5, 0.6) is 5.75 Å². The molecule has 0 N–H and O–H groups in total. The third kappa shape index (κ3) is 6.16. The summed E-state index contributed by atoms with van der Waals surface area (Å²) in [7, 11) is 3.60. The van der Waals surface area contributed by atoms with E-state index in [-0.39, 0.29) is 11.9 Å². The van der Waals surface area contributed by atoms with Gasteiger partial charge in [-0.05, 0) is 85.8 Å². The van der Waals surface area contributed by atoms with Crippen LogP contribution in [0.15, 0.2) is 72.9 Å². The summed E-state index contributed by atoms with van der Waals surface area (Å²) in [6.45, 7) is 2.89. The van der Waals surface area contributed by atoms with Crippen molar-refractivity contribution in [3.05, 3.63) is 94.8 Å². The van der Waals surface area contributed by atoms with E-state index in [9.17, 15) is 4.79 Å². The molecule has 0 bridgehead atoms. The van der Waals surface area contributed by atoms with Crippen LogP contribution in [0.2, 0.25) is 5.02 Å². The van der Waals surface area contributed by atoms with Crippen molar-refractivity contribution in [3.63, 3.8) is 0 Å². The first kappa shape index (κ1) is 24.2. The number of methoxy groups -OCH3 is 1. The summed E-state index contributed by atoms with van der Waals surface area (Å²) < 4.78 is 5.43. The van der Waals surface area contributed by atoms with Crippen LogP contribution in [0.1, 0.15) is 34.5 Å². The Morgan fingerprint density at radius 3 is 2.56 bits per heavy atom. The second kappa shape index (κ2) is 11.5. The predicted octanol–water partition coefficient (Wildman–Crippen LogP) is 5.34. The van der Waals surface area contributed by atoms with Crippen LogP contribution >= 0.6 is 11.6 Å². The van der Waals surface area contributed by atoms with Gasteiger partial charge in [0.15, 0.2) is 0 Å². The van der Waals surface area contributed by atoms with Gasteiger partial charge in [-0.2, -0.15) is 0 Å². The number of carbonyl (C=O) groups excluding carboxylic acids is 1. The molecule has 4 rings (SSSR count). The zero-order valence-corrected chi connectivity index (χ0v) is 20.6. The van der Waals surface area contributed by atoms with Crippen molar-refractivity contribution in [3.8, 4) is 5.75 Å². The summed E-state index contributed by atoms with van der Waals surface area (Å²) in [5.41, 5.74) is 2.90. The Morgan fingerprint density at radius 2 is 1.85 bits per heavy atom. The van der Waals surface area contributed by atoms with Gasteiger partial charge in [-0.3, -0.25) is 14.7 Å². The average Bonchev–Trinajstić information content (AvgIpc) is 2.88. The smallest absolute Gasteiger partial charge is 0.272 e. The number of pyridine rings is 1. The number of aromatic nitrogens is 1. The van der Waals surface area contributed by atoms with Gasteiger partial charge in [0, 0.05) is 30.9 Å². The van der Waals surface area contributed by atoms with E-state index in [1.165, 1.54) is 11.1 Å². The van der Waals surface area contributed by atoms with Crippen LogP contribution in [0, 0.1) is 5.92 Å². The zero-order chi connectivity index (χ0) is 23.9. The number of piperidine rings is 1. The van der Waals surface area contributed by atoms with Crippen LogP contribution in [-0.4, -0.2) is 54.0 Å². The van der Waals surface area contributed by atoms with Crippen molar-refractivity contribution in [2.24, 2.45) is 5.92 Å². The molecule has 5 nitrogen and oxygen atoms in total. The summed E-state index contributed by atoms with van der Waals surface area (Å²) >= 11 is 6.17. The fourth-order valence-corrected chi connectivity index (χ4v) is 5.08. The number of ether oxygens (including phenoxy) is 1. The molecule has 0 saturated carbocycles. The fourth-order valence-electron chi connectivity index (χ4n) is 4.87. The predicted molar refractivity (Wildman–Crippen MR) is 136 cm³/mol. The number of amides is 1. The number of benzene rings is 2. The van der Waals surface area contributed by atoms with Crippen molar-refractivity contribution in [2.45, 2.75) is 31.8 Å². The average molecular weight is 478 g/mol. The third-order valence-electron chi connectivity index (χ3n) is 6.75. The summed E-state index contributed by atoms with van der Waals surface area (Å²) in [6, 6.07) is 21.8. The maximum Gasteiger partial charge on any atom is 0.272 e. The van der Waals surface area contributed by atoms with Crippen LogP contribution < -0.4 is 4.74 Å². The number of carbonyl (C=O) groups is 1. The number of rotatable bonds is 8. The molecule has 1 aromatic heterocycles. The first-order valence-corrected chi connectivity index (χ1v) is 12.2. The van der Waals surface area contributed by atoms with Crippen LogP contribution in [-0.2, 0) is 13.0 Å². The molecule has 1 aliphatic heterocycles. The fraction of sp³-hybridized carbons (Fsp3) is 0.357. The van der Waals surface area contributed by atoms with E-state index < -0.39 is 0 Å². The van der Waals surface area contributed by atoms with E-state index in [0.717, 1.165) is 49.7 Å². The normalized spacial score (nSPS) is 15.6. The molecule has 6 heteroatoms. The van der Waals surface area contributed by atoms with Gasteiger partial charge in [0.05, 0.1) is 7.11 Å². The molecule has 0 spiro atoms. The number of hydrogen-bond acceptors (Lipinski definition) is 4. The number of nitrogens with zero attached hydrogens (tertiary/aromatic N) is 3. The van der Waals surface area contributed by atoms with Crippen LogP contribution in [0.25, 0.3) is 0 Å². The van der Waals surface area contributed by atoms with Crippen LogP contribution in [0.3, 0.4) is 0 Å². The number of hydrogen-bond donors (Lipinski definition) is 0. The summed E-state index contributed by atoms with van der Waals surface area (Å²) in [5, 5.41) is 0.778. The van der Waals surface area contributed by atoms with Gasteiger partial charge in [-0.1, -0.05) is 41.9 Å². The zero-order valence-electron chi connectivity index (χ0n) is 19.9. The molecule has 2 aromatic carbocycles. The highest BCUT2D eigenvalue weighted by molar-refractivity contribution is 6.30. The number of likely N-dealkylation sites (tertiary alicyclic amines) is 1. The van der Waals surface area contributed by atoms with E-state index in [2.05, 4.69) is 28.1 Å². The minimum Gasteiger partial charge on any atom is -0.497 e. The molecule has 2 heterocycles. The Bertz CT molecular complexity index is 1080. The lowest BCUT2D eigenvalue weighted by Crippen LogP contribution is -2.47. The molecule has 178 valence electrons. The van der Waals surface area contributed by atoms with E-state index in [4.69, 9.17) is 16.3 Å². The highest BCUT2D eigenvalue weighted by atomic mass is 35.5. The van der Waals surface area contributed by atoms with Crippen molar-refractivity contribution < 1.29 is 9.53 Å². The maximum atomic E-state index is 13.3. The van der Waals surface area contributed by atoms with Gasteiger partial charge in [-0.15, -0.1) is 0 Å². The second-order valence-electron chi connectivity index (χ2n) is 9.00. The molecular formula is C28H32ClN3O2. The Balaban J connectivity index is 1.49. The van der Waals surface area contributed by atoms with Gasteiger partial charge in [0.25, 0.3) is 5.91 Å². The molecule has 1 aliphatic rings. The lowest BCUT2D eigenvalue weighted by molar-refractivity contribution is 0.0579. The minimum atomic E-state index is -0.0325. The molecular weight excluding hydrogens is 446 g/mol. The van der Waals surface area contributed by atoms with E-state index >= 15 is 0 Å². The molecule has 1 unspecified atom stereocenters. The van der Waals surface area contributed by atoms with Gasteiger partial charge in [0.1, 0.15) is 11.4 Å². The van der Waals surface area contributed by atoms with Crippen molar-refractivity contribution in [1.82, 2.24) is 14.8 Å². The Hall–Kier alpha value is -2.89. The highest BCUT2D eigenvalue weighted by Crippen LogP contribution is 2.29. The topological polar surface area (TPSA) is 45.7 Å². The first-order valence-electron chi connectivity index (χ1n) is 11.8. The number of likely N-dealkylation sites (N-methyl/N-ethyl adjacent to an activating group) is 1. The molecule has 1 amide bonds. The first-order chi connectivity index (χ1) is 16.5. The Labute approximate surface area is 207 Å². The summed E-state index contributed by atoms with van der Waals surface area (Å²) in [6.07, 6.45) is 4.53. The summed E-state index contributed by atoms with van der Waals surface area (Å²) in [5.74, 6) is 1.21. The Kier molecular flexibility index (Phi) is 8.20. The minimum absolute atomic E-state index is 0.0325. The SMILES string of the molecule is COc1cccc(CC(C2CCN(Cc3cccc(Cl)c3)CC2)N(C)C(=O)c2ccccn2)c1. The van der Waals surface area contributed by atoms with Crippen molar-refractivity contribution in [1.29, 1.82) is 0 Å². The van der Waals surface area contributed by atoms with Gasteiger partial charge in [0.2, 0.25) is 0 Å². The monoisotopic (exact) mass is 477 g/mol. The molecule has 0 aliphatic carbocycles.